The number of benzene rings is 1. The summed E-state index contributed by atoms with van der Waals surface area (Å²) >= 11 is 1.66. The average Bonchev–Trinajstić information content (AvgIpc) is 3.34. The van der Waals surface area contributed by atoms with Crippen molar-refractivity contribution in [2.75, 3.05) is 18.0 Å². The van der Waals surface area contributed by atoms with Crippen LogP contribution in [-0.2, 0) is 17.8 Å². The summed E-state index contributed by atoms with van der Waals surface area (Å²) in [7, 11) is 0. The quantitative estimate of drug-likeness (QED) is 0.725. The smallest absolute Gasteiger partial charge is 0.220 e. The summed E-state index contributed by atoms with van der Waals surface area (Å²) in [4.78, 5) is 23.5. The Hall–Kier alpha value is -2.47. The molecular weight excluding hydrogens is 344 g/mol. The number of hydrogen-bond donors (Lipinski definition) is 1. The second kappa shape index (κ2) is 7.83. The standard InChI is InChI=1S/C20H22N4OS/c25-19(9-10-20-23-16-5-1-2-6-17(16)26-20)22-14-15-7-8-18(21-13-15)24-11-3-4-12-24/h1-2,5-8,13H,3-4,9-12,14H2,(H,22,25). The molecule has 1 aromatic carbocycles. The molecule has 2 aromatic heterocycles. The van der Waals surface area contributed by atoms with Crippen LogP contribution in [-0.4, -0.2) is 29.0 Å². The molecule has 4 rings (SSSR count). The predicted molar refractivity (Wildman–Crippen MR) is 105 cm³/mol. The van der Waals surface area contributed by atoms with Crippen molar-refractivity contribution in [3.63, 3.8) is 0 Å². The Morgan fingerprint density at radius 1 is 1.15 bits per heavy atom. The van der Waals surface area contributed by atoms with Crippen molar-refractivity contribution < 1.29 is 4.79 Å². The number of amides is 1. The van der Waals surface area contributed by atoms with E-state index in [-0.39, 0.29) is 5.91 Å². The number of rotatable bonds is 6. The minimum Gasteiger partial charge on any atom is -0.357 e. The monoisotopic (exact) mass is 366 g/mol. The fourth-order valence-electron chi connectivity index (χ4n) is 3.19. The fraction of sp³-hybridized carbons (Fsp3) is 0.350. The van der Waals surface area contributed by atoms with Gasteiger partial charge in [-0.15, -0.1) is 11.3 Å². The SMILES string of the molecule is O=C(CCc1nc2ccccc2s1)NCc1ccc(N2CCCC2)nc1. The molecule has 0 aliphatic carbocycles. The van der Waals surface area contributed by atoms with Gasteiger partial charge in [0.15, 0.2) is 0 Å². The Bertz CT molecular complexity index is 851. The highest BCUT2D eigenvalue weighted by Crippen LogP contribution is 2.22. The number of aromatic nitrogens is 2. The van der Waals surface area contributed by atoms with E-state index in [1.165, 1.54) is 17.5 Å². The van der Waals surface area contributed by atoms with Crippen LogP contribution in [0.1, 0.15) is 29.8 Å². The molecule has 0 atom stereocenters. The van der Waals surface area contributed by atoms with Crippen molar-refractivity contribution in [1.29, 1.82) is 0 Å². The van der Waals surface area contributed by atoms with Crippen molar-refractivity contribution >= 4 is 33.3 Å². The van der Waals surface area contributed by atoms with Gasteiger partial charge in [0, 0.05) is 38.7 Å². The lowest BCUT2D eigenvalue weighted by Crippen LogP contribution is -2.23. The van der Waals surface area contributed by atoms with Crippen molar-refractivity contribution in [3.05, 3.63) is 53.2 Å². The number of para-hydroxylation sites is 1. The van der Waals surface area contributed by atoms with Gasteiger partial charge < -0.3 is 10.2 Å². The van der Waals surface area contributed by atoms with Gasteiger partial charge in [0.2, 0.25) is 5.91 Å². The van der Waals surface area contributed by atoms with Gasteiger partial charge in [-0.3, -0.25) is 4.79 Å². The van der Waals surface area contributed by atoms with Crippen molar-refractivity contribution in [1.82, 2.24) is 15.3 Å². The third-order valence-corrected chi connectivity index (χ3v) is 5.73. The zero-order chi connectivity index (χ0) is 17.8. The average molecular weight is 366 g/mol. The van der Waals surface area contributed by atoms with Crippen LogP contribution in [0.15, 0.2) is 42.6 Å². The maximum atomic E-state index is 12.1. The molecular formula is C20H22N4OS. The molecule has 1 saturated heterocycles. The first-order valence-corrected chi connectivity index (χ1v) is 9.90. The Balaban J connectivity index is 1.25. The number of fused-ring (bicyclic) bond motifs is 1. The molecule has 1 aliphatic heterocycles. The summed E-state index contributed by atoms with van der Waals surface area (Å²) < 4.78 is 1.17. The van der Waals surface area contributed by atoms with E-state index in [2.05, 4.69) is 32.3 Å². The number of aryl methyl sites for hydroxylation is 1. The molecule has 0 bridgehead atoms. The molecule has 0 spiro atoms. The van der Waals surface area contributed by atoms with Crippen molar-refractivity contribution in [2.24, 2.45) is 0 Å². The predicted octanol–water partition coefficient (Wildman–Crippen LogP) is 3.54. The number of thiazole rings is 1. The lowest BCUT2D eigenvalue weighted by atomic mass is 10.2. The Labute approximate surface area is 157 Å². The second-order valence-electron chi connectivity index (χ2n) is 6.57. The van der Waals surface area contributed by atoms with E-state index >= 15 is 0 Å². The Kier molecular flexibility index (Phi) is 5.11. The van der Waals surface area contributed by atoms with Crippen molar-refractivity contribution in [3.8, 4) is 0 Å². The molecule has 0 unspecified atom stereocenters. The molecule has 0 radical (unpaired) electrons. The summed E-state index contributed by atoms with van der Waals surface area (Å²) in [5.41, 5.74) is 2.04. The van der Waals surface area contributed by atoms with Crippen LogP contribution >= 0.6 is 11.3 Å². The summed E-state index contributed by atoms with van der Waals surface area (Å²) in [6.07, 6.45) is 5.49. The Morgan fingerprint density at radius 3 is 2.77 bits per heavy atom. The molecule has 3 heterocycles. The number of anilines is 1. The lowest BCUT2D eigenvalue weighted by molar-refractivity contribution is -0.121. The molecule has 26 heavy (non-hydrogen) atoms. The molecule has 134 valence electrons. The summed E-state index contributed by atoms with van der Waals surface area (Å²) in [5, 5.41) is 3.99. The van der Waals surface area contributed by atoms with Gasteiger partial charge in [-0.25, -0.2) is 9.97 Å². The van der Waals surface area contributed by atoms with Crippen LogP contribution in [0.5, 0.6) is 0 Å². The number of pyridine rings is 1. The zero-order valence-electron chi connectivity index (χ0n) is 14.6. The van der Waals surface area contributed by atoms with Gasteiger partial charge in [0.25, 0.3) is 0 Å². The molecule has 1 amide bonds. The van der Waals surface area contributed by atoms with E-state index in [0.717, 1.165) is 35.0 Å². The number of carbonyl (C=O) groups is 1. The molecule has 0 saturated carbocycles. The van der Waals surface area contributed by atoms with E-state index in [1.54, 1.807) is 11.3 Å². The van der Waals surface area contributed by atoms with Crippen LogP contribution in [0.4, 0.5) is 5.82 Å². The third-order valence-electron chi connectivity index (χ3n) is 4.63. The third kappa shape index (κ3) is 4.02. The summed E-state index contributed by atoms with van der Waals surface area (Å²) in [6, 6.07) is 12.2. The first-order chi connectivity index (χ1) is 12.8. The van der Waals surface area contributed by atoms with Crippen LogP contribution in [0.25, 0.3) is 10.2 Å². The van der Waals surface area contributed by atoms with Gasteiger partial charge >= 0.3 is 0 Å². The van der Waals surface area contributed by atoms with Gasteiger partial charge in [0.05, 0.1) is 15.2 Å². The van der Waals surface area contributed by atoms with E-state index in [1.807, 2.05) is 30.5 Å². The van der Waals surface area contributed by atoms with Crippen LogP contribution in [0.2, 0.25) is 0 Å². The normalized spacial score (nSPS) is 14.1. The number of nitrogens with one attached hydrogen (secondary N) is 1. The van der Waals surface area contributed by atoms with Gasteiger partial charge in [-0.2, -0.15) is 0 Å². The molecule has 3 aromatic rings. The maximum absolute atomic E-state index is 12.1. The van der Waals surface area contributed by atoms with E-state index in [9.17, 15) is 4.79 Å². The van der Waals surface area contributed by atoms with Gasteiger partial charge in [-0.1, -0.05) is 18.2 Å². The zero-order valence-corrected chi connectivity index (χ0v) is 15.5. The minimum absolute atomic E-state index is 0.0490. The van der Waals surface area contributed by atoms with Gasteiger partial charge in [-0.05, 0) is 36.6 Å². The Morgan fingerprint density at radius 2 is 2.00 bits per heavy atom. The van der Waals surface area contributed by atoms with E-state index < -0.39 is 0 Å². The summed E-state index contributed by atoms with van der Waals surface area (Å²) in [5.74, 6) is 1.08. The molecule has 1 N–H and O–H groups in total. The van der Waals surface area contributed by atoms with Crippen LogP contribution < -0.4 is 10.2 Å². The van der Waals surface area contributed by atoms with Gasteiger partial charge in [0.1, 0.15) is 5.82 Å². The molecule has 1 fully saturated rings. The highest BCUT2D eigenvalue weighted by molar-refractivity contribution is 7.18. The van der Waals surface area contributed by atoms with E-state index in [0.29, 0.717) is 19.4 Å². The largest absolute Gasteiger partial charge is 0.357 e. The number of carbonyl (C=O) groups excluding carboxylic acids is 1. The first kappa shape index (κ1) is 17.0. The topological polar surface area (TPSA) is 58.1 Å². The first-order valence-electron chi connectivity index (χ1n) is 9.09. The second-order valence-corrected chi connectivity index (χ2v) is 7.69. The highest BCUT2D eigenvalue weighted by atomic mass is 32.1. The minimum atomic E-state index is 0.0490. The lowest BCUT2D eigenvalue weighted by Gasteiger charge is -2.16. The molecule has 1 aliphatic rings. The maximum Gasteiger partial charge on any atom is 0.220 e. The van der Waals surface area contributed by atoms with Crippen LogP contribution in [0.3, 0.4) is 0 Å². The number of hydrogen-bond acceptors (Lipinski definition) is 5. The summed E-state index contributed by atoms with van der Waals surface area (Å²) in [6.45, 7) is 2.70. The number of nitrogens with zero attached hydrogens (tertiary/aromatic N) is 3. The molecule has 6 heteroatoms. The molecule has 5 nitrogen and oxygen atoms in total. The highest BCUT2D eigenvalue weighted by Gasteiger charge is 2.13. The van der Waals surface area contributed by atoms with Crippen molar-refractivity contribution in [2.45, 2.75) is 32.2 Å². The fourth-order valence-corrected chi connectivity index (χ4v) is 4.16. The van der Waals surface area contributed by atoms with E-state index in [4.69, 9.17) is 0 Å². The van der Waals surface area contributed by atoms with Crippen LogP contribution in [0, 0.1) is 0 Å².